The van der Waals surface area contributed by atoms with Crippen molar-refractivity contribution < 1.29 is 33.8 Å². The van der Waals surface area contributed by atoms with Gasteiger partial charge in [-0.1, -0.05) is 39.8 Å². The van der Waals surface area contributed by atoms with Crippen LogP contribution in [0.3, 0.4) is 0 Å². The Morgan fingerprint density at radius 2 is 1.82 bits per heavy atom. The highest BCUT2D eigenvalue weighted by molar-refractivity contribution is 5.96. The summed E-state index contributed by atoms with van der Waals surface area (Å²) in [6, 6.07) is 13.6. The van der Waals surface area contributed by atoms with Crippen LogP contribution in [0.5, 0.6) is 5.75 Å². The molecule has 4 aliphatic heterocycles. The third-order valence-electron chi connectivity index (χ3n) is 14.0. The number of likely N-dealkylation sites (N-methyl/N-ethyl adjacent to an activating group) is 1. The lowest BCUT2D eigenvalue weighted by molar-refractivity contribution is -0.147. The van der Waals surface area contributed by atoms with E-state index < -0.39 is 23.4 Å². The van der Waals surface area contributed by atoms with E-state index in [1.54, 1.807) is 42.4 Å². The van der Waals surface area contributed by atoms with Crippen molar-refractivity contribution in [2.45, 2.75) is 117 Å². The van der Waals surface area contributed by atoms with Crippen LogP contribution in [0.4, 0.5) is 0 Å². The van der Waals surface area contributed by atoms with Crippen molar-refractivity contribution in [3.8, 4) is 28.1 Å². The summed E-state index contributed by atoms with van der Waals surface area (Å²) in [5, 5.41) is 17.1. The number of pyridine rings is 1. The van der Waals surface area contributed by atoms with Crippen molar-refractivity contribution in [1.29, 1.82) is 0 Å². The highest BCUT2D eigenvalue weighted by Gasteiger charge is 2.41. The van der Waals surface area contributed by atoms with Crippen LogP contribution in [0.15, 0.2) is 54.7 Å². The molecule has 15 nitrogen and oxygen atoms in total. The first-order chi connectivity index (χ1) is 32.0. The van der Waals surface area contributed by atoms with Crippen LogP contribution in [-0.2, 0) is 48.0 Å². The fraction of sp³-hybridized carbons (Fsp3) is 0.558. The Morgan fingerprint density at radius 1 is 1.03 bits per heavy atom. The van der Waals surface area contributed by atoms with Gasteiger partial charge in [0.15, 0.2) is 0 Å². The second-order valence-electron chi connectivity index (χ2n) is 20.0. The van der Waals surface area contributed by atoms with E-state index in [9.17, 15) is 24.3 Å². The number of nitrogens with one attached hydrogen (secondary N) is 2. The lowest BCUT2D eigenvalue weighted by Crippen LogP contribution is -2.63. The van der Waals surface area contributed by atoms with E-state index >= 15 is 0 Å². The Labute approximate surface area is 396 Å². The number of benzene rings is 2. The van der Waals surface area contributed by atoms with Crippen LogP contribution in [0.25, 0.3) is 33.3 Å². The highest BCUT2D eigenvalue weighted by atomic mass is 16.5. The smallest absolute Gasteiger partial charge is 0.293 e. The zero-order valence-corrected chi connectivity index (χ0v) is 41.0. The molecule has 8 rings (SSSR count). The number of phenolic OH excluding ortho intramolecular Hbond substituents is 1. The first-order valence-corrected chi connectivity index (χ1v) is 24.2. The number of amides is 3. The van der Waals surface area contributed by atoms with Gasteiger partial charge in [0.2, 0.25) is 11.8 Å². The Morgan fingerprint density at radius 3 is 2.54 bits per heavy atom. The number of nitrogens with zero attached hydrogens (tertiary/aromatic N) is 6. The minimum atomic E-state index is -0.998. The van der Waals surface area contributed by atoms with Crippen molar-refractivity contribution in [1.82, 2.24) is 40.0 Å². The van der Waals surface area contributed by atoms with Crippen molar-refractivity contribution in [3.05, 3.63) is 71.5 Å². The number of phenols is 1. The van der Waals surface area contributed by atoms with Gasteiger partial charge < -0.3 is 29.4 Å². The lowest BCUT2D eigenvalue weighted by Gasteiger charge is -2.41. The number of carbonyl (C=O) groups is 4. The predicted molar refractivity (Wildman–Crippen MR) is 260 cm³/mol. The van der Waals surface area contributed by atoms with Gasteiger partial charge in [0.1, 0.15) is 23.9 Å². The molecule has 0 saturated carbocycles. The Balaban J connectivity index is 1.25. The molecular weight excluding hydrogens is 849 g/mol. The van der Waals surface area contributed by atoms with Gasteiger partial charge >= 0.3 is 0 Å². The van der Waals surface area contributed by atoms with E-state index in [0.29, 0.717) is 38.1 Å². The van der Waals surface area contributed by atoms with Crippen molar-refractivity contribution in [2.75, 3.05) is 60.0 Å². The number of aryl methyl sites for hydroxylation is 1. The second kappa shape index (κ2) is 21.3. The van der Waals surface area contributed by atoms with Gasteiger partial charge in [0.25, 0.3) is 12.4 Å². The molecule has 2 aromatic heterocycles. The number of hydrogen-bond acceptors (Lipinski definition) is 11. The zero-order chi connectivity index (χ0) is 48.2. The molecule has 362 valence electrons. The molecule has 0 radical (unpaired) electrons. The van der Waals surface area contributed by atoms with Gasteiger partial charge in [-0.15, -0.1) is 0 Å². The SMILES string of the molecule is CCn1c(-c2cccnc2[C@H](C)OC)c(CC(C)(C)COC=O)c2cc(-c3cc(O)cc(C[C@H](NC(=O)C(C(C)C)N(C)C(=O)C4CN5CCCN4CC5)C(=O)N4CCC[C@@H](C)N4)c3)ccc21. The molecule has 67 heavy (non-hydrogen) atoms. The molecule has 4 saturated heterocycles. The standard InChI is InChI=1S/C52H72N8O7/c1-10-59-44-17-16-37(28-41(44)42(29-52(6,7)31-67-32-61)48(59)40-15-11-18-53-46(40)35(5)66-9)38-24-36(25-39(62)27-38)26-43(50(64)60-21-12-14-34(4)55-60)54-49(63)47(33(2)3)56(8)51(65)45-30-57-19-13-20-58(45)23-22-57/h11,15-18,24-25,27-28,32-35,43,45,47,55,62H,10,12-14,19-23,26,29-31H2,1-9H3,(H,54,63)/t34-,35+,43+,45?,47?/m1/s1. The van der Waals surface area contributed by atoms with Gasteiger partial charge in [-0.3, -0.25) is 39.0 Å². The summed E-state index contributed by atoms with van der Waals surface area (Å²) in [7, 11) is 3.39. The van der Waals surface area contributed by atoms with Crippen LogP contribution in [0, 0.1) is 11.3 Å². The molecule has 15 heteroatoms. The van der Waals surface area contributed by atoms with E-state index in [1.807, 2.05) is 45.9 Å². The number of ether oxygens (including phenoxy) is 2. The van der Waals surface area contributed by atoms with E-state index in [0.717, 1.165) is 90.0 Å². The van der Waals surface area contributed by atoms with Crippen molar-refractivity contribution >= 4 is 35.1 Å². The van der Waals surface area contributed by atoms with Gasteiger partial charge in [0.05, 0.1) is 24.1 Å². The van der Waals surface area contributed by atoms with Crippen molar-refractivity contribution in [2.24, 2.45) is 11.3 Å². The van der Waals surface area contributed by atoms with Crippen LogP contribution >= 0.6 is 0 Å². The first kappa shape index (κ1) is 49.6. The fourth-order valence-corrected chi connectivity index (χ4v) is 10.6. The zero-order valence-electron chi connectivity index (χ0n) is 41.0. The number of methoxy groups -OCH3 is 1. The molecule has 0 aliphatic carbocycles. The highest BCUT2D eigenvalue weighted by Crippen LogP contribution is 2.42. The number of carbonyl (C=O) groups excluding carboxylic acids is 4. The molecule has 3 amide bonds. The molecule has 4 fully saturated rings. The molecule has 6 heterocycles. The lowest BCUT2D eigenvalue weighted by atomic mass is 9.84. The van der Waals surface area contributed by atoms with Gasteiger partial charge in [-0.25, -0.2) is 5.43 Å². The maximum absolute atomic E-state index is 14.6. The van der Waals surface area contributed by atoms with E-state index in [4.69, 9.17) is 14.5 Å². The predicted octanol–water partition coefficient (Wildman–Crippen LogP) is 5.96. The van der Waals surface area contributed by atoms with E-state index in [2.05, 4.69) is 64.1 Å². The Hall–Kier alpha value is -5.35. The summed E-state index contributed by atoms with van der Waals surface area (Å²) < 4.78 is 13.4. The largest absolute Gasteiger partial charge is 0.508 e. The molecule has 4 aromatic rings. The summed E-state index contributed by atoms with van der Waals surface area (Å²) in [5.41, 5.74) is 10.0. The quantitative estimate of drug-likeness (QED) is 0.101. The van der Waals surface area contributed by atoms with E-state index in [-0.39, 0.29) is 54.7 Å². The number of hydrazine groups is 1. The third-order valence-corrected chi connectivity index (χ3v) is 14.0. The summed E-state index contributed by atoms with van der Waals surface area (Å²) in [4.78, 5) is 65.7. The number of fused-ring (bicyclic) bond motifs is 5. The van der Waals surface area contributed by atoms with Crippen LogP contribution in [-0.4, -0.2) is 143 Å². The van der Waals surface area contributed by atoms with Gasteiger partial charge in [-0.2, -0.15) is 0 Å². The van der Waals surface area contributed by atoms with Gasteiger partial charge in [0, 0.05) is 94.0 Å². The molecule has 7 atom stereocenters. The third kappa shape index (κ3) is 11.0. The van der Waals surface area contributed by atoms with Crippen LogP contribution in [0.1, 0.15) is 90.7 Å². The minimum absolute atomic E-state index is 0.0245. The Bertz CT molecular complexity index is 2410. The fourth-order valence-electron chi connectivity index (χ4n) is 10.6. The molecule has 3 N–H and O–H groups in total. The number of rotatable bonds is 18. The molecule has 4 aliphatic rings. The molecule has 4 unspecified atom stereocenters. The Kier molecular flexibility index (Phi) is 15.8. The second-order valence-corrected chi connectivity index (χ2v) is 20.0. The number of aromatic nitrogens is 2. The number of hydrogen-bond donors (Lipinski definition) is 3. The topological polar surface area (TPSA) is 162 Å². The van der Waals surface area contributed by atoms with Crippen molar-refractivity contribution in [3.63, 3.8) is 0 Å². The first-order valence-electron chi connectivity index (χ1n) is 24.2. The summed E-state index contributed by atoms with van der Waals surface area (Å²) in [5.74, 6) is -0.966. The monoisotopic (exact) mass is 921 g/mol. The van der Waals surface area contributed by atoms with Gasteiger partial charge in [-0.05, 0) is 118 Å². The molecule has 0 spiro atoms. The number of aromatic hydroxyl groups is 1. The maximum atomic E-state index is 14.6. The number of piperazine rings is 1. The molecule has 2 aromatic carbocycles. The molecule has 2 bridgehead atoms. The average molecular weight is 921 g/mol. The molecular formula is C52H72N8O7. The average Bonchev–Trinajstić information content (AvgIpc) is 3.45. The maximum Gasteiger partial charge on any atom is 0.293 e. The minimum Gasteiger partial charge on any atom is -0.508 e. The summed E-state index contributed by atoms with van der Waals surface area (Å²) in [6.45, 7) is 20.2. The van der Waals surface area contributed by atoms with Crippen LogP contribution < -0.4 is 10.7 Å². The summed E-state index contributed by atoms with van der Waals surface area (Å²) in [6.07, 6.45) is 4.93. The summed E-state index contributed by atoms with van der Waals surface area (Å²) >= 11 is 0. The van der Waals surface area contributed by atoms with E-state index in [1.165, 1.54) is 0 Å². The normalized spacial score (nSPS) is 21.1. The van der Waals surface area contributed by atoms with Crippen LogP contribution in [0.2, 0.25) is 0 Å².